The average molecular weight is 420 g/mol. The molecule has 156 valence electrons. The van der Waals surface area contributed by atoms with Crippen molar-refractivity contribution in [2.75, 3.05) is 13.6 Å². The highest BCUT2D eigenvalue weighted by Gasteiger charge is 2.40. The van der Waals surface area contributed by atoms with Gasteiger partial charge in [0.25, 0.3) is 11.8 Å². The number of ether oxygens (including phenoxy) is 1. The molecule has 1 aromatic carbocycles. The van der Waals surface area contributed by atoms with Crippen LogP contribution in [0.1, 0.15) is 55.8 Å². The Balaban J connectivity index is 1.80. The van der Waals surface area contributed by atoms with Crippen molar-refractivity contribution in [3.63, 3.8) is 0 Å². The molecule has 1 N–H and O–H groups in total. The third kappa shape index (κ3) is 5.94. The lowest BCUT2D eigenvalue weighted by Crippen LogP contribution is -2.53. The van der Waals surface area contributed by atoms with E-state index >= 15 is 0 Å². The molecule has 0 unspecified atom stereocenters. The molecule has 0 saturated heterocycles. The number of halogens is 1. The molecular weight excluding hydrogens is 394 g/mol. The molecule has 1 fully saturated rings. The van der Waals surface area contributed by atoms with Crippen LogP contribution in [-0.4, -0.2) is 47.9 Å². The number of likely N-dealkylation sites (N-methyl/N-ethyl adjacent to an activating group) is 1. The highest BCUT2D eigenvalue weighted by Crippen LogP contribution is 2.32. The van der Waals surface area contributed by atoms with E-state index in [1.807, 2.05) is 0 Å². The van der Waals surface area contributed by atoms with Gasteiger partial charge in [0.15, 0.2) is 6.10 Å². The first-order valence-corrected chi connectivity index (χ1v) is 10.1. The zero-order chi connectivity index (χ0) is 21.4. The number of nitrogens with one attached hydrogen (secondary N) is 1. The van der Waals surface area contributed by atoms with Crippen LogP contribution in [0.3, 0.4) is 0 Å². The first-order valence-electron chi connectivity index (χ1n) is 9.71. The normalized spacial score (nSPS) is 16.2. The van der Waals surface area contributed by atoms with Crippen molar-refractivity contribution in [2.45, 2.75) is 57.1 Å². The first kappa shape index (κ1) is 22.7. The fourth-order valence-electron chi connectivity index (χ4n) is 3.43. The fraction of sp³-hybridized carbons (Fsp3) is 0.524. The third-order valence-electron chi connectivity index (χ3n) is 5.24. The van der Waals surface area contributed by atoms with Crippen LogP contribution in [-0.2, 0) is 14.3 Å². The van der Waals surface area contributed by atoms with Crippen molar-refractivity contribution in [3.05, 3.63) is 34.9 Å². The SMILES string of the molecule is C[C@H](OC(=O)CCNC(=O)c1ccc(Cl)cc1)C(=O)N(C)C1(C#N)CCCCC1. The molecule has 2 rings (SSSR count). The lowest BCUT2D eigenvalue weighted by molar-refractivity contribution is -0.160. The Bertz CT molecular complexity index is 782. The number of hydrogen-bond donors (Lipinski definition) is 1. The smallest absolute Gasteiger partial charge is 0.308 e. The van der Waals surface area contributed by atoms with Gasteiger partial charge >= 0.3 is 5.97 Å². The van der Waals surface area contributed by atoms with E-state index in [4.69, 9.17) is 16.3 Å². The fourth-order valence-corrected chi connectivity index (χ4v) is 3.56. The summed E-state index contributed by atoms with van der Waals surface area (Å²) in [7, 11) is 1.59. The molecule has 1 saturated carbocycles. The predicted octanol–water partition coefficient (Wildman–Crippen LogP) is 3.08. The van der Waals surface area contributed by atoms with Gasteiger partial charge in [-0.3, -0.25) is 14.4 Å². The van der Waals surface area contributed by atoms with Crippen LogP contribution in [0.25, 0.3) is 0 Å². The van der Waals surface area contributed by atoms with E-state index < -0.39 is 23.5 Å². The van der Waals surface area contributed by atoms with Crippen molar-refractivity contribution >= 4 is 29.4 Å². The second-order valence-electron chi connectivity index (χ2n) is 7.25. The summed E-state index contributed by atoms with van der Waals surface area (Å²) in [6.45, 7) is 1.58. The van der Waals surface area contributed by atoms with Crippen LogP contribution in [0.5, 0.6) is 0 Å². The maximum Gasteiger partial charge on any atom is 0.308 e. The topological polar surface area (TPSA) is 99.5 Å². The number of carbonyl (C=O) groups is 3. The maximum absolute atomic E-state index is 12.7. The van der Waals surface area contributed by atoms with E-state index in [1.165, 1.54) is 11.8 Å². The minimum absolute atomic E-state index is 0.0654. The summed E-state index contributed by atoms with van der Waals surface area (Å²) < 4.78 is 5.21. The molecule has 8 heteroatoms. The Kier molecular flexibility index (Phi) is 8.03. The van der Waals surface area contributed by atoms with Gasteiger partial charge in [-0.2, -0.15) is 5.26 Å². The minimum atomic E-state index is -0.994. The molecule has 29 heavy (non-hydrogen) atoms. The summed E-state index contributed by atoms with van der Waals surface area (Å²) in [6.07, 6.45) is 3.04. The highest BCUT2D eigenvalue weighted by atomic mass is 35.5. The number of nitrogens with zero attached hydrogens (tertiary/aromatic N) is 2. The molecule has 2 amide bonds. The Morgan fingerprint density at radius 1 is 1.24 bits per heavy atom. The number of nitriles is 1. The van der Waals surface area contributed by atoms with Crippen LogP contribution in [0.15, 0.2) is 24.3 Å². The Morgan fingerprint density at radius 2 is 1.86 bits per heavy atom. The second-order valence-corrected chi connectivity index (χ2v) is 7.68. The van der Waals surface area contributed by atoms with Crippen molar-refractivity contribution in [1.29, 1.82) is 5.26 Å². The second kappa shape index (κ2) is 10.3. The molecule has 7 nitrogen and oxygen atoms in total. The van der Waals surface area contributed by atoms with E-state index in [2.05, 4.69) is 11.4 Å². The average Bonchev–Trinajstić information content (AvgIpc) is 2.73. The van der Waals surface area contributed by atoms with E-state index in [0.717, 1.165) is 19.3 Å². The summed E-state index contributed by atoms with van der Waals surface area (Å²) in [5.74, 6) is -1.32. The van der Waals surface area contributed by atoms with Crippen LogP contribution in [0.2, 0.25) is 5.02 Å². The Hall–Kier alpha value is -2.59. The molecule has 0 radical (unpaired) electrons. The van der Waals surface area contributed by atoms with Gasteiger partial charge in [-0.15, -0.1) is 0 Å². The van der Waals surface area contributed by atoms with Crippen molar-refractivity contribution in [2.24, 2.45) is 0 Å². The molecular formula is C21H26ClN3O4. The molecule has 1 aliphatic rings. The van der Waals surface area contributed by atoms with E-state index in [1.54, 1.807) is 31.3 Å². The number of rotatable bonds is 7. The van der Waals surface area contributed by atoms with Gasteiger partial charge in [0.05, 0.1) is 12.5 Å². The van der Waals surface area contributed by atoms with Gasteiger partial charge in [0, 0.05) is 24.2 Å². The summed E-state index contributed by atoms with van der Waals surface area (Å²) >= 11 is 5.78. The molecule has 0 aromatic heterocycles. The van der Waals surface area contributed by atoms with E-state index in [9.17, 15) is 19.6 Å². The van der Waals surface area contributed by atoms with Crippen molar-refractivity contribution in [3.8, 4) is 6.07 Å². The minimum Gasteiger partial charge on any atom is -0.452 e. The van der Waals surface area contributed by atoms with Crippen LogP contribution in [0, 0.1) is 11.3 Å². The molecule has 1 aromatic rings. The van der Waals surface area contributed by atoms with Crippen molar-refractivity contribution in [1.82, 2.24) is 10.2 Å². The summed E-state index contributed by atoms with van der Waals surface area (Å²) in [5, 5.41) is 12.8. The lowest BCUT2D eigenvalue weighted by atomic mass is 9.81. The number of esters is 1. The first-order chi connectivity index (χ1) is 13.8. The van der Waals surface area contributed by atoms with Gasteiger partial charge in [-0.05, 0) is 44.0 Å². The van der Waals surface area contributed by atoms with Crippen LogP contribution >= 0.6 is 11.6 Å². The zero-order valence-electron chi connectivity index (χ0n) is 16.7. The largest absolute Gasteiger partial charge is 0.452 e. The molecule has 0 heterocycles. The molecule has 0 aliphatic heterocycles. The molecule has 0 bridgehead atoms. The third-order valence-corrected chi connectivity index (χ3v) is 5.49. The monoisotopic (exact) mass is 419 g/mol. The molecule has 1 atom stereocenters. The molecule has 1 aliphatic carbocycles. The van der Waals surface area contributed by atoms with E-state index in [0.29, 0.717) is 23.4 Å². The summed E-state index contributed by atoms with van der Waals surface area (Å²) in [4.78, 5) is 38.1. The van der Waals surface area contributed by atoms with Gasteiger partial charge in [0.2, 0.25) is 0 Å². The Labute approximate surface area is 176 Å². The van der Waals surface area contributed by atoms with Gasteiger partial charge in [0.1, 0.15) is 5.54 Å². The number of amides is 2. The summed E-state index contributed by atoms with van der Waals surface area (Å²) in [5.41, 5.74) is -0.398. The molecule has 0 spiro atoms. The van der Waals surface area contributed by atoms with E-state index in [-0.39, 0.29) is 18.9 Å². The maximum atomic E-state index is 12.7. The number of carbonyl (C=O) groups excluding carboxylic acids is 3. The van der Waals surface area contributed by atoms with Gasteiger partial charge in [-0.25, -0.2) is 0 Å². The Morgan fingerprint density at radius 3 is 2.45 bits per heavy atom. The van der Waals surface area contributed by atoms with Crippen molar-refractivity contribution < 1.29 is 19.1 Å². The number of hydrogen-bond acceptors (Lipinski definition) is 5. The zero-order valence-corrected chi connectivity index (χ0v) is 17.5. The highest BCUT2D eigenvalue weighted by molar-refractivity contribution is 6.30. The van der Waals surface area contributed by atoms with Crippen LogP contribution in [0.4, 0.5) is 0 Å². The van der Waals surface area contributed by atoms with Crippen LogP contribution < -0.4 is 5.32 Å². The lowest BCUT2D eigenvalue weighted by Gasteiger charge is -2.39. The van der Waals surface area contributed by atoms with Gasteiger partial charge < -0.3 is 15.0 Å². The predicted molar refractivity (Wildman–Crippen MR) is 108 cm³/mol. The quantitative estimate of drug-likeness (QED) is 0.684. The number of benzene rings is 1. The van der Waals surface area contributed by atoms with Gasteiger partial charge in [-0.1, -0.05) is 30.9 Å². The summed E-state index contributed by atoms with van der Waals surface area (Å²) in [6, 6.07) is 8.67. The standard InChI is InChI=1S/C21H26ClN3O4/c1-15(20(28)25(2)21(14-23)11-4-3-5-12-21)29-18(26)10-13-24-19(27)16-6-8-17(22)9-7-16/h6-9,15H,3-5,10-13H2,1-2H3,(H,24,27)/t15-/m0/s1.